The molecule has 3 N–H and O–H groups in total. The molecule has 0 unspecified atom stereocenters. The fourth-order valence-corrected chi connectivity index (χ4v) is 3.78. The number of hydrazone groups is 2. The highest BCUT2D eigenvalue weighted by atomic mass is 32.2. The molecule has 3 aromatic rings. The summed E-state index contributed by atoms with van der Waals surface area (Å²) in [6.45, 7) is 3.92. The number of hydrogen-bond acceptors (Lipinski definition) is 7. The molecule has 4 rings (SSSR count). The Morgan fingerprint density at radius 3 is 2.48 bits per heavy atom. The second kappa shape index (κ2) is 8.49. The quantitative estimate of drug-likeness (QED) is 0.300. The number of phenolic OH excluding ortho intramolecular Hbond substituents is 1. The molecular weight excluding hydrogens is 444 g/mol. The Hall–Kier alpha value is -4.02. The number of aryl methyl sites for hydroxylation is 2. The smallest absolute Gasteiger partial charge is 0.300 e. The van der Waals surface area contributed by atoms with Gasteiger partial charge in [-0.05, 0) is 60.9 Å². The first-order valence-corrected chi connectivity index (χ1v) is 11.3. The first kappa shape index (κ1) is 22.2. The van der Waals surface area contributed by atoms with Gasteiger partial charge in [0.15, 0.2) is 5.71 Å². The molecular formula is C23H20N4O5S. The van der Waals surface area contributed by atoms with Crippen molar-refractivity contribution in [2.75, 3.05) is 10.4 Å². The summed E-state index contributed by atoms with van der Waals surface area (Å²) >= 11 is 0. The van der Waals surface area contributed by atoms with Gasteiger partial charge in [0.25, 0.3) is 10.1 Å². The summed E-state index contributed by atoms with van der Waals surface area (Å²) in [4.78, 5) is 12.4. The maximum Gasteiger partial charge on any atom is 0.300 e. The minimum Gasteiger partial charge on any atom is -0.505 e. The number of hydrogen-bond donors (Lipinski definition) is 3. The van der Waals surface area contributed by atoms with Gasteiger partial charge in [-0.1, -0.05) is 30.3 Å². The Morgan fingerprint density at radius 1 is 1.00 bits per heavy atom. The molecule has 0 bridgehead atoms. The summed E-state index contributed by atoms with van der Waals surface area (Å²) in [6, 6.07) is 15.9. The van der Waals surface area contributed by atoms with Gasteiger partial charge in [-0.25, -0.2) is 0 Å². The lowest BCUT2D eigenvalue weighted by Crippen LogP contribution is -2.26. The van der Waals surface area contributed by atoms with Crippen molar-refractivity contribution in [2.45, 2.75) is 18.7 Å². The third-order valence-corrected chi connectivity index (χ3v) is 6.07. The van der Waals surface area contributed by atoms with E-state index in [-0.39, 0.29) is 22.0 Å². The second-order valence-corrected chi connectivity index (χ2v) is 8.87. The predicted molar refractivity (Wildman–Crippen MR) is 126 cm³/mol. The lowest BCUT2D eigenvalue weighted by molar-refractivity contribution is -0.112. The van der Waals surface area contributed by atoms with E-state index in [0.717, 1.165) is 11.1 Å². The van der Waals surface area contributed by atoms with Crippen LogP contribution in [0.25, 0.3) is 11.1 Å². The van der Waals surface area contributed by atoms with Crippen molar-refractivity contribution in [1.29, 1.82) is 0 Å². The molecule has 0 atom stereocenters. The summed E-state index contributed by atoms with van der Waals surface area (Å²) in [5.41, 5.74) is 6.34. The lowest BCUT2D eigenvalue weighted by atomic mass is 10.0. The zero-order valence-corrected chi connectivity index (χ0v) is 18.5. The van der Waals surface area contributed by atoms with Crippen LogP contribution in [0.15, 0.2) is 75.8 Å². The topological polar surface area (TPSA) is 132 Å². The van der Waals surface area contributed by atoms with Crippen LogP contribution in [0.5, 0.6) is 5.75 Å². The van der Waals surface area contributed by atoms with Gasteiger partial charge in [0, 0.05) is 5.56 Å². The maximum absolute atomic E-state index is 12.7. The first-order valence-electron chi connectivity index (χ1n) is 9.84. The van der Waals surface area contributed by atoms with Crippen LogP contribution in [0.1, 0.15) is 11.1 Å². The molecule has 3 aromatic carbocycles. The molecule has 1 aliphatic rings. The monoisotopic (exact) mass is 464 g/mol. The van der Waals surface area contributed by atoms with Crippen LogP contribution in [0, 0.1) is 13.8 Å². The van der Waals surface area contributed by atoms with Crippen molar-refractivity contribution < 1.29 is 22.9 Å². The summed E-state index contributed by atoms with van der Waals surface area (Å²) in [5, 5.41) is 20.1. The number of carbonyl (C=O) groups excluding carboxylic acids is 1. The molecule has 1 heterocycles. The lowest BCUT2D eigenvalue weighted by Gasteiger charge is -2.13. The number of rotatable bonds is 5. The van der Waals surface area contributed by atoms with E-state index >= 15 is 0 Å². The highest BCUT2D eigenvalue weighted by Gasteiger charge is 2.26. The van der Waals surface area contributed by atoms with Gasteiger partial charge in [0.2, 0.25) is 0 Å². The summed E-state index contributed by atoms with van der Waals surface area (Å²) in [5.74, 6) is -0.634. The number of anilines is 2. The predicted octanol–water partition coefficient (Wildman–Crippen LogP) is 3.72. The Morgan fingerprint density at radius 2 is 1.76 bits per heavy atom. The SMILES string of the molecule is Cc1ccc(N2N=CC(=NNc3cccc(-c4cccc(S(=O)(=O)O)c4)c3O)C2=O)cc1C. The van der Waals surface area contributed by atoms with E-state index in [0.29, 0.717) is 16.8 Å². The van der Waals surface area contributed by atoms with Crippen molar-refractivity contribution in [2.24, 2.45) is 10.2 Å². The maximum atomic E-state index is 12.7. The normalized spacial score (nSPS) is 14.8. The Bertz CT molecular complexity index is 1430. The number of phenols is 1. The van der Waals surface area contributed by atoms with Crippen LogP contribution >= 0.6 is 0 Å². The fraction of sp³-hybridized carbons (Fsp3) is 0.0870. The Balaban J connectivity index is 1.58. The van der Waals surface area contributed by atoms with Crippen molar-refractivity contribution in [1.82, 2.24) is 0 Å². The average Bonchev–Trinajstić information content (AvgIpc) is 3.15. The minimum absolute atomic E-state index is 0.0476. The highest BCUT2D eigenvalue weighted by molar-refractivity contribution is 7.85. The molecule has 9 nitrogen and oxygen atoms in total. The number of carbonyl (C=O) groups is 1. The minimum atomic E-state index is -4.39. The van der Waals surface area contributed by atoms with Gasteiger partial charge in [0.05, 0.1) is 22.5 Å². The van der Waals surface area contributed by atoms with Crippen molar-refractivity contribution >= 4 is 39.3 Å². The van der Waals surface area contributed by atoms with Crippen LogP contribution in [0.3, 0.4) is 0 Å². The van der Waals surface area contributed by atoms with Gasteiger partial charge in [-0.3, -0.25) is 14.8 Å². The van der Waals surface area contributed by atoms with Gasteiger partial charge >= 0.3 is 5.91 Å². The molecule has 0 spiro atoms. The molecule has 10 heteroatoms. The number of nitrogens with zero attached hydrogens (tertiary/aromatic N) is 3. The number of nitrogens with one attached hydrogen (secondary N) is 1. The van der Waals surface area contributed by atoms with Crippen LogP contribution in [0.4, 0.5) is 11.4 Å². The van der Waals surface area contributed by atoms with E-state index in [9.17, 15) is 22.9 Å². The van der Waals surface area contributed by atoms with Crippen molar-refractivity contribution in [3.8, 4) is 16.9 Å². The van der Waals surface area contributed by atoms with E-state index in [2.05, 4.69) is 15.6 Å². The molecule has 168 valence electrons. The van der Waals surface area contributed by atoms with Gasteiger partial charge < -0.3 is 5.11 Å². The zero-order valence-electron chi connectivity index (χ0n) is 17.7. The summed E-state index contributed by atoms with van der Waals surface area (Å²) in [7, 11) is -4.39. The second-order valence-electron chi connectivity index (χ2n) is 7.44. The summed E-state index contributed by atoms with van der Waals surface area (Å²) < 4.78 is 32.1. The first-order chi connectivity index (χ1) is 15.6. The van der Waals surface area contributed by atoms with E-state index < -0.39 is 16.0 Å². The summed E-state index contributed by atoms with van der Waals surface area (Å²) in [6.07, 6.45) is 1.32. The van der Waals surface area contributed by atoms with Crippen molar-refractivity contribution in [3.05, 3.63) is 71.8 Å². The standard InChI is InChI=1S/C23H20N4O5S/c1-14-9-10-17(11-15(14)2)27-23(29)21(13-24-27)26-25-20-8-4-7-19(22(20)28)16-5-3-6-18(12-16)33(30,31)32/h3-13,25,28H,1-2H3,(H,30,31,32). The molecule has 1 amide bonds. The van der Waals surface area contributed by atoms with Gasteiger partial charge in [0.1, 0.15) is 5.75 Å². The molecule has 0 radical (unpaired) electrons. The average molecular weight is 465 g/mol. The Labute approximate surface area is 190 Å². The van der Waals surface area contributed by atoms with Crippen LogP contribution in [-0.2, 0) is 14.9 Å². The number of benzene rings is 3. The van der Waals surface area contributed by atoms with E-state index in [4.69, 9.17) is 0 Å². The third kappa shape index (κ3) is 4.47. The van der Waals surface area contributed by atoms with E-state index in [1.54, 1.807) is 30.3 Å². The highest BCUT2D eigenvalue weighted by Crippen LogP contribution is 2.36. The van der Waals surface area contributed by atoms with E-state index in [1.165, 1.54) is 29.4 Å². The fourth-order valence-electron chi connectivity index (χ4n) is 3.26. The van der Waals surface area contributed by atoms with E-state index in [1.807, 2.05) is 26.0 Å². The molecule has 0 aliphatic carbocycles. The number of aromatic hydroxyl groups is 1. The molecule has 0 fully saturated rings. The molecule has 1 aliphatic heterocycles. The Kier molecular flexibility index (Phi) is 5.71. The number of para-hydroxylation sites is 1. The zero-order chi connectivity index (χ0) is 23.8. The molecule has 0 saturated heterocycles. The van der Waals surface area contributed by atoms with Crippen molar-refractivity contribution in [3.63, 3.8) is 0 Å². The van der Waals surface area contributed by atoms with Crippen LogP contribution in [0.2, 0.25) is 0 Å². The molecule has 0 saturated carbocycles. The number of amides is 1. The van der Waals surface area contributed by atoms with Gasteiger partial charge in [-0.15, -0.1) is 0 Å². The van der Waals surface area contributed by atoms with Crippen LogP contribution < -0.4 is 10.4 Å². The van der Waals surface area contributed by atoms with Crippen LogP contribution in [-0.4, -0.2) is 35.9 Å². The molecule has 0 aromatic heterocycles. The van der Waals surface area contributed by atoms with Gasteiger partial charge in [-0.2, -0.15) is 23.6 Å². The molecule has 33 heavy (non-hydrogen) atoms. The largest absolute Gasteiger partial charge is 0.505 e. The third-order valence-electron chi connectivity index (χ3n) is 5.22.